The van der Waals surface area contributed by atoms with Gasteiger partial charge in [0.2, 0.25) is 0 Å². The van der Waals surface area contributed by atoms with Crippen molar-refractivity contribution in [1.29, 1.82) is 0 Å². The van der Waals surface area contributed by atoms with Crippen molar-refractivity contribution in [3.05, 3.63) is 29.6 Å². The number of benzene rings is 1. The van der Waals surface area contributed by atoms with Crippen LogP contribution < -0.4 is 5.32 Å². The Morgan fingerprint density at radius 2 is 2.12 bits per heavy atom. The summed E-state index contributed by atoms with van der Waals surface area (Å²) in [6.45, 7) is 5.80. The van der Waals surface area contributed by atoms with Gasteiger partial charge in [-0.25, -0.2) is 4.39 Å². The first-order valence-electron chi connectivity index (χ1n) is 5.78. The zero-order chi connectivity index (χ0) is 12.0. The second kappa shape index (κ2) is 6.48. The molecule has 0 radical (unpaired) electrons. The van der Waals surface area contributed by atoms with E-state index < -0.39 is 5.82 Å². The SMILES string of the molecule is CC(C)CCCNCc1cccc(F)c1O. The van der Waals surface area contributed by atoms with Crippen molar-refractivity contribution >= 4 is 0 Å². The summed E-state index contributed by atoms with van der Waals surface area (Å²) in [7, 11) is 0. The molecule has 0 saturated heterocycles. The highest BCUT2D eigenvalue weighted by molar-refractivity contribution is 5.33. The van der Waals surface area contributed by atoms with E-state index in [9.17, 15) is 9.50 Å². The molecule has 0 fully saturated rings. The lowest BCUT2D eigenvalue weighted by molar-refractivity contribution is 0.422. The Morgan fingerprint density at radius 1 is 1.38 bits per heavy atom. The third kappa shape index (κ3) is 4.19. The highest BCUT2D eigenvalue weighted by Gasteiger charge is 2.05. The second-order valence-corrected chi connectivity index (χ2v) is 4.46. The lowest BCUT2D eigenvalue weighted by Crippen LogP contribution is -2.15. The fourth-order valence-corrected chi connectivity index (χ4v) is 1.56. The van der Waals surface area contributed by atoms with Crippen LogP contribution in [-0.4, -0.2) is 11.7 Å². The molecule has 2 nitrogen and oxygen atoms in total. The van der Waals surface area contributed by atoms with Crippen LogP contribution in [0.5, 0.6) is 5.75 Å². The summed E-state index contributed by atoms with van der Waals surface area (Å²) >= 11 is 0. The smallest absolute Gasteiger partial charge is 0.165 e. The molecule has 0 aliphatic rings. The van der Waals surface area contributed by atoms with E-state index in [-0.39, 0.29) is 5.75 Å². The van der Waals surface area contributed by atoms with E-state index in [0.717, 1.165) is 13.0 Å². The van der Waals surface area contributed by atoms with Gasteiger partial charge in [-0.15, -0.1) is 0 Å². The van der Waals surface area contributed by atoms with E-state index >= 15 is 0 Å². The van der Waals surface area contributed by atoms with Gasteiger partial charge in [-0.3, -0.25) is 0 Å². The van der Waals surface area contributed by atoms with E-state index in [1.165, 1.54) is 12.5 Å². The Balaban J connectivity index is 2.29. The molecule has 0 unspecified atom stereocenters. The van der Waals surface area contributed by atoms with Crippen LogP contribution in [0, 0.1) is 11.7 Å². The molecule has 2 N–H and O–H groups in total. The van der Waals surface area contributed by atoms with E-state index in [4.69, 9.17) is 0 Å². The number of rotatable bonds is 6. The molecule has 0 spiro atoms. The van der Waals surface area contributed by atoms with Crippen LogP contribution in [0.3, 0.4) is 0 Å². The van der Waals surface area contributed by atoms with Gasteiger partial charge < -0.3 is 10.4 Å². The van der Waals surface area contributed by atoms with Gasteiger partial charge in [0.05, 0.1) is 0 Å². The van der Waals surface area contributed by atoms with Crippen LogP contribution in [-0.2, 0) is 6.54 Å². The average Bonchev–Trinajstić information content (AvgIpc) is 2.23. The van der Waals surface area contributed by atoms with Gasteiger partial charge in [0.15, 0.2) is 11.6 Å². The monoisotopic (exact) mass is 225 g/mol. The Morgan fingerprint density at radius 3 is 2.81 bits per heavy atom. The number of phenolic OH excluding ortho intramolecular Hbond substituents is 1. The summed E-state index contributed by atoms with van der Waals surface area (Å²) in [5.41, 5.74) is 0.615. The summed E-state index contributed by atoms with van der Waals surface area (Å²) < 4.78 is 13.0. The van der Waals surface area contributed by atoms with Crippen molar-refractivity contribution < 1.29 is 9.50 Å². The Hall–Kier alpha value is -1.09. The van der Waals surface area contributed by atoms with Crippen LogP contribution >= 0.6 is 0 Å². The Labute approximate surface area is 96.5 Å². The number of halogens is 1. The maximum atomic E-state index is 13.0. The van der Waals surface area contributed by atoms with Gasteiger partial charge in [0, 0.05) is 12.1 Å². The average molecular weight is 225 g/mol. The summed E-state index contributed by atoms with van der Waals surface area (Å²) in [6.07, 6.45) is 2.29. The topological polar surface area (TPSA) is 32.3 Å². The fourth-order valence-electron chi connectivity index (χ4n) is 1.56. The molecule has 0 aromatic heterocycles. The van der Waals surface area contributed by atoms with Crippen molar-refractivity contribution in [3.8, 4) is 5.75 Å². The van der Waals surface area contributed by atoms with Crippen LogP contribution in [0.25, 0.3) is 0 Å². The molecule has 0 saturated carbocycles. The minimum atomic E-state index is -0.554. The van der Waals surface area contributed by atoms with Crippen molar-refractivity contribution in [2.75, 3.05) is 6.54 Å². The number of aromatic hydroxyl groups is 1. The van der Waals surface area contributed by atoms with Crippen molar-refractivity contribution in [1.82, 2.24) is 5.32 Å². The summed E-state index contributed by atoms with van der Waals surface area (Å²) in [5.74, 6) is -0.0790. The first-order valence-corrected chi connectivity index (χ1v) is 5.78. The first-order chi connectivity index (χ1) is 7.61. The van der Waals surface area contributed by atoms with Gasteiger partial charge in [-0.2, -0.15) is 0 Å². The molecule has 1 aromatic rings. The molecule has 0 aliphatic carbocycles. The number of phenols is 1. The number of hydrogen-bond acceptors (Lipinski definition) is 2. The van der Waals surface area contributed by atoms with E-state index in [1.54, 1.807) is 12.1 Å². The molecule has 0 bridgehead atoms. The molecule has 1 rings (SSSR count). The van der Waals surface area contributed by atoms with Gasteiger partial charge in [-0.05, 0) is 31.4 Å². The standard InChI is InChI=1S/C13H20FNO/c1-10(2)5-4-8-15-9-11-6-3-7-12(14)13(11)16/h3,6-7,10,15-16H,4-5,8-9H2,1-2H3. The zero-order valence-corrected chi connectivity index (χ0v) is 9.96. The van der Waals surface area contributed by atoms with E-state index in [2.05, 4.69) is 19.2 Å². The van der Waals surface area contributed by atoms with Gasteiger partial charge in [-0.1, -0.05) is 26.0 Å². The van der Waals surface area contributed by atoms with Gasteiger partial charge in [0.1, 0.15) is 0 Å². The number of hydrogen-bond donors (Lipinski definition) is 2. The summed E-state index contributed by atoms with van der Waals surface area (Å²) in [5, 5.41) is 12.6. The molecule has 1 aromatic carbocycles. The molecule has 0 aliphatic heterocycles. The first kappa shape index (κ1) is 13.0. The zero-order valence-electron chi connectivity index (χ0n) is 9.96. The Kier molecular flexibility index (Phi) is 5.26. The third-order valence-corrected chi connectivity index (χ3v) is 2.52. The summed E-state index contributed by atoms with van der Waals surface area (Å²) in [6, 6.07) is 4.60. The molecule has 0 heterocycles. The quantitative estimate of drug-likeness (QED) is 0.729. The second-order valence-electron chi connectivity index (χ2n) is 4.46. The largest absolute Gasteiger partial charge is 0.505 e. The lowest BCUT2D eigenvalue weighted by Gasteiger charge is -2.08. The van der Waals surface area contributed by atoms with Crippen LogP contribution in [0.4, 0.5) is 4.39 Å². The maximum Gasteiger partial charge on any atom is 0.165 e. The Bertz CT molecular complexity index is 326. The predicted molar refractivity (Wildman–Crippen MR) is 63.8 cm³/mol. The van der Waals surface area contributed by atoms with E-state index in [0.29, 0.717) is 18.0 Å². The molecule has 16 heavy (non-hydrogen) atoms. The number of nitrogens with one attached hydrogen (secondary N) is 1. The van der Waals surface area contributed by atoms with Crippen molar-refractivity contribution in [2.24, 2.45) is 5.92 Å². The fraction of sp³-hybridized carbons (Fsp3) is 0.538. The molecule has 0 atom stereocenters. The predicted octanol–water partition coefficient (Wildman–Crippen LogP) is 3.06. The highest BCUT2D eigenvalue weighted by Crippen LogP contribution is 2.20. The highest BCUT2D eigenvalue weighted by atomic mass is 19.1. The minimum Gasteiger partial charge on any atom is -0.505 e. The lowest BCUT2D eigenvalue weighted by atomic mass is 10.1. The molecule has 0 amide bonds. The van der Waals surface area contributed by atoms with Crippen molar-refractivity contribution in [3.63, 3.8) is 0 Å². The van der Waals surface area contributed by atoms with Crippen LogP contribution in [0.15, 0.2) is 18.2 Å². The summed E-state index contributed by atoms with van der Waals surface area (Å²) in [4.78, 5) is 0. The van der Waals surface area contributed by atoms with Crippen molar-refractivity contribution in [2.45, 2.75) is 33.2 Å². The molecular formula is C13H20FNO. The van der Waals surface area contributed by atoms with Crippen LogP contribution in [0.2, 0.25) is 0 Å². The third-order valence-electron chi connectivity index (χ3n) is 2.52. The maximum absolute atomic E-state index is 13.0. The molecule has 90 valence electrons. The normalized spacial score (nSPS) is 11.0. The molecular weight excluding hydrogens is 205 g/mol. The number of para-hydroxylation sites is 1. The minimum absolute atomic E-state index is 0.237. The van der Waals surface area contributed by atoms with E-state index in [1.807, 2.05) is 0 Å². The van der Waals surface area contributed by atoms with Gasteiger partial charge >= 0.3 is 0 Å². The molecule has 3 heteroatoms. The van der Waals surface area contributed by atoms with Crippen LogP contribution in [0.1, 0.15) is 32.3 Å². The van der Waals surface area contributed by atoms with Gasteiger partial charge in [0.25, 0.3) is 0 Å².